The summed E-state index contributed by atoms with van der Waals surface area (Å²) in [4.78, 5) is 0. The second-order valence-corrected chi connectivity index (χ2v) is 4.41. The Bertz CT molecular complexity index is 660. The minimum absolute atomic E-state index is 0.369. The van der Waals surface area contributed by atoms with E-state index >= 15 is 0 Å². The molecule has 0 amide bonds. The highest BCUT2D eigenvalue weighted by Crippen LogP contribution is 2.24. The van der Waals surface area contributed by atoms with Gasteiger partial charge in [0.25, 0.3) is 0 Å². The van der Waals surface area contributed by atoms with E-state index in [4.69, 9.17) is 21.0 Å². The molecular weight excluding hydrogens is 250 g/mol. The molecule has 0 aromatic heterocycles. The Morgan fingerprint density at radius 3 is 2.30 bits per heavy atom. The van der Waals surface area contributed by atoms with Gasteiger partial charge < -0.3 is 10.5 Å². The lowest BCUT2D eigenvalue weighted by Gasteiger charge is -2.11. The molecule has 4 heteroatoms. The quantitative estimate of drug-likeness (QED) is 0.863. The maximum Gasteiger partial charge on any atom is 0.142 e. The third-order valence-electron chi connectivity index (χ3n) is 2.99. The molecule has 0 fully saturated rings. The first-order chi connectivity index (χ1) is 9.63. The second-order valence-electron chi connectivity index (χ2n) is 4.41. The number of benzene rings is 2. The third-order valence-corrected chi connectivity index (χ3v) is 2.99. The van der Waals surface area contributed by atoms with Crippen molar-refractivity contribution in [1.82, 2.24) is 0 Å². The first-order valence-electron chi connectivity index (χ1n) is 6.06. The van der Waals surface area contributed by atoms with Crippen LogP contribution in [0, 0.1) is 29.6 Å². The summed E-state index contributed by atoms with van der Waals surface area (Å²) >= 11 is 0. The van der Waals surface area contributed by atoms with E-state index in [1.54, 1.807) is 24.3 Å². The summed E-state index contributed by atoms with van der Waals surface area (Å²) in [6.45, 7) is 2.30. The zero-order chi connectivity index (χ0) is 14.5. The van der Waals surface area contributed by atoms with Gasteiger partial charge in [-0.25, -0.2) is 0 Å². The van der Waals surface area contributed by atoms with Gasteiger partial charge in [-0.05, 0) is 48.4 Å². The van der Waals surface area contributed by atoms with Crippen LogP contribution < -0.4 is 10.5 Å². The van der Waals surface area contributed by atoms with Crippen LogP contribution in [-0.4, -0.2) is 0 Å². The van der Waals surface area contributed by atoms with Crippen molar-refractivity contribution in [2.75, 3.05) is 5.73 Å². The van der Waals surface area contributed by atoms with E-state index in [1.807, 2.05) is 25.1 Å². The SMILES string of the molecule is Cc1cc(C#N)ccc1COc1ccc(C#N)cc1N. The lowest BCUT2D eigenvalue weighted by Crippen LogP contribution is -2.01. The average Bonchev–Trinajstić information content (AvgIpc) is 2.46. The molecule has 2 N–H and O–H groups in total. The summed E-state index contributed by atoms with van der Waals surface area (Å²) in [6.07, 6.45) is 0. The smallest absolute Gasteiger partial charge is 0.142 e. The van der Waals surface area contributed by atoms with E-state index in [9.17, 15) is 0 Å². The largest absolute Gasteiger partial charge is 0.487 e. The maximum absolute atomic E-state index is 8.82. The topological polar surface area (TPSA) is 82.8 Å². The summed E-state index contributed by atoms with van der Waals surface area (Å²) in [5.41, 5.74) is 9.39. The fraction of sp³-hybridized carbons (Fsp3) is 0.125. The molecule has 0 bridgehead atoms. The summed E-state index contributed by atoms with van der Waals surface area (Å²) in [6, 6.07) is 14.5. The average molecular weight is 263 g/mol. The molecule has 98 valence electrons. The minimum Gasteiger partial charge on any atom is -0.487 e. The Morgan fingerprint density at radius 2 is 1.70 bits per heavy atom. The molecule has 0 radical (unpaired) electrons. The lowest BCUT2D eigenvalue weighted by atomic mass is 10.1. The lowest BCUT2D eigenvalue weighted by molar-refractivity contribution is 0.307. The van der Waals surface area contributed by atoms with Crippen molar-refractivity contribution in [1.29, 1.82) is 10.5 Å². The van der Waals surface area contributed by atoms with Crippen LogP contribution >= 0.6 is 0 Å². The van der Waals surface area contributed by atoms with Gasteiger partial charge in [0, 0.05) is 0 Å². The van der Waals surface area contributed by atoms with Gasteiger partial charge in [-0.2, -0.15) is 10.5 Å². The van der Waals surface area contributed by atoms with Gasteiger partial charge in [0.05, 0.1) is 29.0 Å². The van der Waals surface area contributed by atoms with Gasteiger partial charge in [0.15, 0.2) is 0 Å². The Kier molecular flexibility index (Phi) is 3.88. The molecular formula is C16H13N3O. The number of nitriles is 2. The number of nitrogens with zero attached hydrogens (tertiary/aromatic N) is 2. The van der Waals surface area contributed by atoms with Gasteiger partial charge in [-0.1, -0.05) is 6.07 Å². The minimum atomic E-state index is 0.369. The number of anilines is 1. The summed E-state index contributed by atoms with van der Waals surface area (Å²) < 4.78 is 5.66. The Labute approximate surface area is 117 Å². The molecule has 20 heavy (non-hydrogen) atoms. The van der Waals surface area contributed by atoms with Crippen molar-refractivity contribution in [2.24, 2.45) is 0 Å². The number of rotatable bonds is 3. The number of aryl methyl sites for hydroxylation is 1. The molecule has 2 aromatic rings. The molecule has 2 aromatic carbocycles. The highest BCUT2D eigenvalue weighted by molar-refractivity contribution is 5.56. The molecule has 0 saturated heterocycles. The van der Waals surface area contributed by atoms with Gasteiger partial charge in [0.1, 0.15) is 12.4 Å². The molecule has 4 nitrogen and oxygen atoms in total. The van der Waals surface area contributed by atoms with Crippen molar-refractivity contribution in [2.45, 2.75) is 13.5 Å². The Balaban J connectivity index is 2.13. The fourth-order valence-electron chi connectivity index (χ4n) is 1.83. The van der Waals surface area contributed by atoms with Crippen molar-refractivity contribution >= 4 is 5.69 Å². The molecule has 0 aliphatic carbocycles. The Morgan fingerprint density at radius 1 is 1.05 bits per heavy atom. The highest BCUT2D eigenvalue weighted by atomic mass is 16.5. The molecule has 0 aliphatic heterocycles. The maximum atomic E-state index is 8.82. The summed E-state index contributed by atoms with van der Waals surface area (Å²) in [7, 11) is 0. The van der Waals surface area contributed by atoms with Gasteiger partial charge in [-0.15, -0.1) is 0 Å². The van der Waals surface area contributed by atoms with Crippen LogP contribution in [0.1, 0.15) is 22.3 Å². The molecule has 0 heterocycles. The molecule has 0 aliphatic rings. The number of hydrogen-bond donors (Lipinski definition) is 1. The highest BCUT2D eigenvalue weighted by Gasteiger charge is 2.05. The predicted molar refractivity (Wildman–Crippen MR) is 75.8 cm³/mol. The summed E-state index contributed by atoms with van der Waals surface area (Å²) in [5, 5.41) is 17.6. The van der Waals surface area contributed by atoms with Crippen molar-refractivity contribution < 1.29 is 4.74 Å². The van der Waals surface area contributed by atoms with Gasteiger partial charge in [-0.3, -0.25) is 0 Å². The molecule has 2 rings (SSSR count). The van der Waals surface area contributed by atoms with E-state index in [2.05, 4.69) is 6.07 Å². The second kappa shape index (κ2) is 5.77. The van der Waals surface area contributed by atoms with E-state index < -0.39 is 0 Å². The molecule has 0 spiro atoms. The number of nitrogen functional groups attached to an aromatic ring is 1. The van der Waals surface area contributed by atoms with Crippen molar-refractivity contribution in [3.05, 3.63) is 58.7 Å². The molecule has 0 saturated carbocycles. The first-order valence-corrected chi connectivity index (χ1v) is 6.06. The third kappa shape index (κ3) is 2.88. The van der Waals surface area contributed by atoms with Crippen LogP contribution in [0.5, 0.6) is 5.75 Å². The van der Waals surface area contributed by atoms with Crippen LogP contribution in [0.15, 0.2) is 36.4 Å². The van der Waals surface area contributed by atoms with Crippen LogP contribution in [0.4, 0.5) is 5.69 Å². The van der Waals surface area contributed by atoms with Crippen molar-refractivity contribution in [3.8, 4) is 17.9 Å². The van der Waals surface area contributed by atoms with E-state index in [0.717, 1.165) is 11.1 Å². The molecule has 0 atom stereocenters. The zero-order valence-corrected chi connectivity index (χ0v) is 11.1. The molecule has 0 unspecified atom stereocenters. The van der Waals surface area contributed by atoms with Crippen LogP contribution in [0.3, 0.4) is 0 Å². The first kappa shape index (κ1) is 13.5. The number of nitrogens with two attached hydrogens (primary N) is 1. The fourth-order valence-corrected chi connectivity index (χ4v) is 1.83. The van der Waals surface area contributed by atoms with E-state index in [-0.39, 0.29) is 0 Å². The number of hydrogen-bond acceptors (Lipinski definition) is 4. The standard InChI is InChI=1S/C16H13N3O/c1-11-6-12(8-17)2-4-14(11)10-20-16-5-3-13(9-18)7-15(16)19/h2-7H,10,19H2,1H3. The van der Waals surface area contributed by atoms with Gasteiger partial charge in [0.2, 0.25) is 0 Å². The van der Waals surface area contributed by atoms with Gasteiger partial charge >= 0.3 is 0 Å². The predicted octanol–water partition coefficient (Wildman–Crippen LogP) is 2.90. The van der Waals surface area contributed by atoms with Crippen LogP contribution in [0.2, 0.25) is 0 Å². The van der Waals surface area contributed by atoms with E-state index in [1.165, 1.54) is 0 Å². The monoisotopic (exact) mass is 263 g/mol. The normalized spacial score (nSPS) is 9.55. The van der Waals surface area contributed by atoms with Crippen LogP contribution in [-0.2, 0) is 6.61 Å². The van der Waals surface area contributed by atoms with Crippen molar-refractivity contribution in [3.63, 3.8) is 0 Å². The zero-order valence-electron chi connectivity index (χ0n) is 11.1. The van der Waals surface area contributed by atoms with E-state index in [0.29, 0.717) is 29.2 Å². The summed E-state index contributed by atoms with van der Waals surface area (Å²) in [5.74, 6) is 0.549. The Hall–Kier alpha value is -2.98. The number of ether oxygens (including phenoxy) is 1. The van der Waals surface area contributed by atoms with Crippen LogP contribution in [0.25, 0.3) is 0 Å².